The van der Waals surface area contributed by atoms with Crippen molar-refractivity contribution in [2.75, 3.05) is 45.9 Å². The van der Waals surface area contributed by atoms with E-state index >= 15 is 0 Å². The SMILES string of the molecule is S=C(NCCC1=CCCCC1)N(CCCN1CCOCC1)Cc1ccncc1. The lowest BCUT2D eigenvalue weighted by Crippen LogP contribution is -2.42. The van der Waals surface area contributed by atoms with Gasteiger partial charge < -0.3 is 15.0 Å². The highest BCUT2D eigenvalue weighted by molar-refractivity contribution is 7.80. The number of hydrogen-bond acceptors (Lipinski definition) is 4. The van der Waals surface area contributed by atoms with Crippen LogP contribution in [0.25, 0.3) is 0 Å². The zero-order valence-corrected chi connectivity index (χ0v) is 17.8. The number of nitrogens with one attached hydrogen (secondary N) is 1. The van der Waals surface area contributed by atoms with Crippen molar-refractivity contribution in [1.29, 1.82) is 0 Å². The van der Waals surface area contributed by atoms with E-state index in [4.69, 9.17) is 17.0 Å². The number of thiocarbonyl (C=S) groups is 1. The molecule has 0 bridgehead atoms. The van der Waals surface area contributed by atoms with E-state index in [-0.39, 0.29) is 0 Å². The Bertz CT molecular complexity index is 616. The third-order valence-electron chi connectivity index (χ3n) is 5.52. The van der Waals surface area contributed by atoms with Crippen LogP contribution in [0.3, 0.4) is 0 Å². The molecule has 0 unspecified atom stereocenters. The minimum Gasteiger partial charge on any atom is -0.379 e. The Balaban J connectivity index is 1.47. The summed E-state index contributed by atoms with van der Waals surface area (Å²) in [6.45, 7) is 7.64. The molecular weight excluding hydrogens is 368 g/mol. The molecule has 2 heterocycles. The molecule has 154 valence electrons. The first-order valence-electron chi connectivity index (χ1n) is 10.7. The average molecular weight is 403 g/mol. The predicted molar refractivity (Wildman–Crippen MR) is 118 cm³/mol. The van der Waals surface area contributed by atoms with Crippen LogP contribution in [0.5, 0.6) is 0 Å². The van der Waals surface area contributed by atoms with Crippen LogP contribution >= 0.6 is 12.2 Å². The van der Waals surface area contributed by atoms with Gasteiger partial charge >= 0.3 is 0 Å². The van der Waals surface area contributed by atoms with Gasteiger partial charge in [-0.25, -0.2) is 0 Å². The monoisotopic (exact) mass is 402 g/mol. The number of hydrogen-bond donors (Lipinski definition) is 1. The van der Waals surface area contributed by atoms with Gasteiger partial charge in [0.25, 0.3) is 0 Å². The standard InChI is InChI=1S/C22H34N4OS/c28-22(24-12-9-20-5-2-1-3-6-20)26(19-21-7-10-23-11-8-21)14-4-13-25-15-17-27-18-16-25/h5,7-8,10-11H,1-4,6,9,12-19H2,(H,24,28). The van der Waals surface area contributed by atoms with E-state index in [1.54, 1.807) is 5.57 Å². The molecule has 0 amide bonds. The van der Waals surface area contributed by atoms with Crippen LogP contribution in [0.15, 0.2) is 36.2 Å². The molecule has 1 saturated heterocycles. The molecule has 1 fully saturated rings. The fraction of sp³-hybridized carbons (Fsp3) is 0.636. The Kier molecular flexibility index (Phi) is 9.20. The van der Waals surface area contributed by atoms with Gasteiger partial charge in [-0.2, -0.15) is 0 Å². The summed E-state index contributed by atoms with van der Waals surface area (Å²) in [5.41, 5.74) is 2.84. The lowest BCUT2D eigenvalue weighted by atomic mass is 9.97. The molecule has 2 aliphatic rings. The highest BCUT2D eigenvalue weighted by atomic mass is 32.1. The Morgan fingerprint density at radius 3 is 2.79 bits per heavy atom. The number of nitrogens with zero attached hydrogens (tertiary/aromatic N) is 3. The van der Waals surface area contributed by atoms with Crippen molar-refractivity contribution in [3.05, 3.63) is 41.7 Å². The van der Waals surface area contributed by atoms with Gasteiger partial charge in [-0.3, -0.25) is 9.88 Å². The van der Waals surface area contributed by atoms with E-state index in [0.29, 0.717) is 0 Å². The van der Waals surface area contributed by atoms with E-state index in [0.717, 1.165) is 70.4 Å². The maximum absolute atomic E-state index is 5.76. The van der Waals surface area contributed by atoms with E-state index in [1.165, 1.54) is 31.2 Å². The molecule has 0 saturated carbocycles. The Labute approximate surface area is 175 Å². The summed E-state index contributed by atoms with van der Waals surface area (Å²) >= 11 is 5.76. The highest BCUT2D eigenvalue weighted by Gasteiger charge is 2.14. The molecule has 1 aromatic rings. The van der Waals surface area contributed by atoms with Crippen molar-refractivity contribution in [2.45, 2.75) is 45.1 Å². The zero-order chi connectivity index (χ0) is 19.4. The van der Waals surface area contributed by atoms with E-state index in [9.17, 15) is 0 Å². The number of aromatic nitrogens is 1. The lowest BCUT2D eigenvalue weighted by Gasteiger charge is -2.29. The number of ether oxygens (including phenoxy) is 1. The van der Waals surface area contributed by atoms with Gasteiger partial charge in [0.05, 0.1) is 13.2 Å². The van der Waals surface area contributed by atoms with Gasteiger partial charge in [0.2, 0.25) is 0 Å². The second kappa shape index (κ2) is 12.1. The molecular formula is C22H34N4OS. The Morgan fingerprint density at radius 2 is 2.04 bits per heavy atom. The van der Waals surface area contributed by atoms with Gasteiger partial charge in [0.15, 0.2) is 5.11 Å². The van der Waals surface area contributed by atoms with Crippen LogP contribution in [0.2, 0.25) is 0 Å². The van der Waals surface area contributed by atoms with E-state index in [1.807, 2.05) is 12.4 Å². The van der Waals surface area contributed by atoms with Crippen LogP contribution in [0.1, 0.15) is 44.1 Å². The molecule has 5 nitrogen and oxygen atoms in total. The number of rotatable bonds is 9. The van der Waals surface area contributed by atoms with Crippen molar-refractivity contribution in [1.82, 2.24) is 20.1 Å². The van der Waals surface area contributed by atoms with Gasteiger partial charge in [-0.05, 0) is 68.4 Å². The molecule has 1 aliphatic heterocycles. The molecule has 0 aromatic carbocycles. The summed E-state index contributed by atoms with van der Waals surface area (Å²) in [6, 6.07) is 4.15. The van der Waals surface area contributed by atoms with Crippen molar-refractivity contribution in [3.8, 4) is 0 Å². The van der Waals surface area contributed by atoms with Gasteiger partial charge in [0.1, 0.15) is 0 Å². The first-order valence-corrected chi connectivity index (χ1v) is 11.1. The quantitative estimate of drug-likeness (QED) is 0.504. The first-order chi connectivity index (χ1) is 13.8. The molecule has 1 aliphatic carbocycles. The first kappa shape index (κ1) is 21.2. The van der Waals surface area contributed by atoms with Crippen LogP contribution in [-0.4, -0.2) is 65.8 Å². The van der Waals surface area contributed by atoms with Crippen molar-refractivity contribution in [3.63, 3.8) is 0 Å². The highest BCUT2D eigenvalue weighted by Crippen LogP contribution is 2.19. The van der Waals surface area contributed by atoms with Gasteiger partial charge in [0, 0.05) is 51.7 Å². The van der Waals surface area contributed by atoms with Crippen LogP contribution in [0.4, 0.5) is 0 Å². The summed E-state index contributed by atoms with van der Waals surface area (Å²) in [5, 5.41) is 4.38. The van der Waals surface area contributed by atoms with Crippen LogP contribution < -0.4 is 5.32 Å². The second-order valence-corrected chi connectivity index (χ2v) is 8.06. The van der Waals surface area contributed by atoms with E-state index < -0.39 is 0 Å². The Morgan fingerprint density at radius 1 is 1.21 bits per heavy atom. The fourth-order valence-corrected chi connectivity index (χ4v) is 4.10. The normalized spacial score (nSPS) is 17.8. The topological polar surface area (TPSA) is 40.6 Å². The molecule has 0 spiro atoms. The molecule has 0 atom stereocenters. The predicted octanol–water partition coefficient (Wildman–Crippen LogP) is 3.37. The largest absolute Gasteiger partial charge is 0.379 e. The maximum Gasteiger partial charge on any atom is 0.169 e. The molecule has 1 N–H and O–H groups in total. The second-order valence-electron chi connectivity index (χ2n) is 7.67. The molecule has 0 radical (unpaired) electrons. The molecule has 3 rings (SSSR count). The molecule has 6 heteroatoms. The van der Waals surface area contributed by atoms with Crippen molar-refractivity contribution >= 4 is 17.3 Å². The van der Waals surface area contributed by atoms with Crippen molar-refractivity contribution < 1.29 is 4.74 Å². The minimum atomic E-state index is 0.833. The summed E-state index contributed by atoms with van der Waals surface area (Å²) in [7, 11) is 0. The van der Waals surface area contributed by atoms with Crippen LogP contribution in [0, 0.1) is 0 Å². The summed E-state index contributed by atoms with van der Waals surface area (Å²) in [5.74, 6) is 0. The fourth-order valence-electron chi connectivity index (χ4n) is 3.84. The lowest BCUT2D eigenvalue weighted by molar-refractivity contribution is 0.0367. The van der Waals surface area contributed by atoms with Crippen molar-refractivity contribution in [2.24, 2.45) is 0 Å². The number of allylic oxidation sites excluding steroid dienone is 1. The van der Waals surface area contributed by atoms with Crippen LogP contribution in [-0.2, 0) is 11.3 Å². The van der Waals surface area contributed by atoms with Gasteiger partial charge in [-0.15, -0.1) is 0 Å². The summed E-state index contributed by atoms with van der Waals surface area (Å²) < 4.78 is 5.45. The summed E-state index contributed by atoms with van der Waals surface area (Å²) in [6.07, 6.45) is 13.5. The molecule has 28 heavy (non-hydrogen) atoms. The smallest absolute Gasteiger partial charge is 0.169 e. The summed E-state index contributed by atoms with van der Waals surface area (Å²) in [4.78, 5) is 8.92. The maximum atomic E-state index is 5.76. The third kappa shape index (κ3) is 7.49. The van der Waals surface area contributed by atoms with Gasteiger partial charge in [-0.1, -0.05) is 11.6 Å². The number of pyridine rings is 1. The third-order valence-corrected chi connectivity index (χ3v) is 5.93. The minimum absolute atomic E-state index is 0.833. The zero-order valence-electron chi connectivity index (χ0n) is 16.9. The molecule has 1 aromatic heterocycles. The average Bonchev–Trinajstić information content (AvgIpc) is 2.75. The number of morpholine rings is 1. The van der Waals surface area contributed by atoms with E-state index in [2.05, 4.69) is 38.3 Å². The Hall–Kier alpha value is -1.50.